The fraction of sp³-hybridized carbons (Fsp3) is 0.533. The Morgan fingerprint density at radius 2 is 2.12 bits per heavy atom. The molecule has 0 bridgehead atoms. The third-order valence-electron chi connectivity index (χ3n) is 1.76. The molecule has 0 aliphatic rings. The summed E-state index contributed by atoms with van der Waals surface area (Å²) in [6, 6.07) is 0. The number of hydrogen-bond acceptors (Lipinski definition) is 2. The van der Waals surface area contributed by atoms with E-state index in [9.17, 15) is 4.79 Å². The van der Waals surface area contributed by atoms with Crippen molar-refractivity contribution in [3.8, 4) is 23.7 Å². The summed E-state index contributed by atoms with van der Waals surface area (Å²) in [5, 5.41) is 0. The summed E-state index contributed by atoms with van der Waals surface area (Å²) >= 11 is 0. The molecule has 92 valence electrons. The van der Waals surface area contributed by atoms with E-state index < -0.39 is 0 Å². The van der Waals surface area contributed by atoms with Gasteiger partial charge >= 0.3 is 5.97 Å². The molecule has 0 rings (SSSR count). The first-order valence-corrected chi connectivity index (χ1v) is 5.92. The minimum Gasteiger partial charge on any atom is -0.466 e. The lowest BCUT2D eigenvalue weighted by atomic mass is 10.1. The molecule has 0 atom stereocenters. The van der Waals surface area contributed by atoms with E-state index in [2.05, 4.69) is 23.7 Å². The molecule has 0 saturated heterocycles. The van der Waals surface area contributed by atoms with Gasteiger partial charge in [0.15, 0.2) is 0 Å². The number of hydrogen-bond donors (Lipinski definition) is 0. The van der Waals surface area contributed by atoms with Gasteiger partial charge in [0, 0.05) is 12.8 Å². The second-order valence-corrected chi connectivity index (χ2v) is 3.99. The predicted octanol–water partition coefficient (Wildman–Crippen LogP) is 2.94. The van der Waals surface area contributed by atoms with E-state index in [0.717, 1.165) is 6.42 Å². The zero-order valence-corrected chi connectivity index (χ0v) is 10.9. The molecule has 17 heavy (non-hydrogen) atoms. The highest BCUT2D eigenvalue weighted by atomic mass is 16.5. The van der Waals surface area contributed by atoms with Crippen molar-refractivity contribution in [2.24, 2.45) is 5.92 Å². The van der Waals surface area contributed by atoms with E-state index in [0.29, 0.717) is 25.4 Å². The molecule has 0 aromatic carbocycles. The van der Waals surface area contributed by atoms with Crippen molar-refractivity contribution in [3.63, 3.8) is 0 Å². The Kier molecular flexibility index (Phi) is 9.77. The highest BCUT2D eigenvalue weighted by Crippen LogP contribution is 2.01. The lowest BCUT2D eigenvalue weighted by molar-refractivity contribution is -0.144. The summed E-state index contributed by atoms with van der Waals surface area (Å²) in [6.45, 7) is 6.35. The summed E-state index contributed by atoms with van der Waals surface area (Å²) in [7, 11) is 0. The van der Waals surface area contributed by atoms with E-state index in [-0.39, 0.29) is 5.97 Å². The number of carbonyl (C=O) groups excluding carboxylic acids is 1. The van der Waals surface area contributed by atoms with Crippen LogP contribution in [0.2, 0.25) is 0 Å². The molecule has 0 radical (unpaired) electrons. The van der Waals surface area contributed by atoms with Crippen LogP contribution in [0.1, 0.15) is 40.0 Å². The minimum absolute atomic E-state index is 0.124. The largest absolute Gasteiger partial charge is 0.466 e. The Balaban J connectivity index is 3.53. The summed E-state index contributed by atoms with van der Waals surface area (Å²) in [6.07, 6.45) is 5.58. The Labute approximate surface area is 104 Å². The molecule has 0 N–H and O–H groups in total. The van der Waals surface area contributed by atoms with Gasteiger partial charge in [-0.3, -0.25) is 4.79 Å². The second-order valence-electron chi connectivity index (χ2n) is 3.99. The Morgan fingerprint density at radius 3 is 2.76 bits per heavy atom. The molecular formula is C15H20O2. The Hall–Kier alpha value is -1.67. The highest BCUT2D eigenvalue weighted by molar-refractivity contribution is 5.69. The number of rotatable bonds is 5. The summed E-state index contributed by atoms with van der Waals surface area (Å²) in [5.41, 5.74) is 0. The SMILES string of the molecule is CC=CC#CC#CCCCOC(=O)CC(C)C. The minimum atomic E-state index is -0.124. The molecule has 0 spiro atoms. The van der Waals surface area contributed by atoms with Crippen LogP contribution in [0.15, 0.2) is 12.2 Å². The average Bonchev–Trinajstić information content (AvgIpc) is 2.26. The average molecular weight is 232 g/mol. The fourth-order valence-electron chi connectivity index (χ4n) is 1.01. The monoisotopic (exact) mass is 232 g/mol. The maximum absolute atomic E-state index is 11.2. The molecule has 0 fully saturated rings. The number of ether oxygens (including phenoxy) is 1. The molecule has 0 aromatic heterocycles. The maximum Gasteiger partial charge on any atom is 0.306 e. The zero-order chi connectivity index (χ0) is 12.9. The van der Waals surface area contributed by atoms with Gasteiger partial charge in [-0.1, -0.05) is 31.8 Å². The van der Waals surface area contributed by atoms with Crippen LogP contribution in [0.5, 0.6) is 0 Å². The smallest absolute Gasteiger partial charge is 0.306 e. The Morgan fingerprint density at radius 1 is 1.35 bits per heavy atom. The number of unbranched alkanes of at least 4 members (excludes halogenated alkanes) is 1. The topological polar surface area (TPSA) is 26.3 Å². The number of carbonyl (C=O) groups is 1. The summed E-state index contributed by atoms with van der Waals surface area (Å²) in [4.78, 5) is 11.2. The third kappa shape index (κ3) is 12.3. The number of allylic oxidation sites excluding steroid dienone is 2. The van der Waals surface area contributed by atoms with Crippen molar-refractivity contribution >= 4 is 5.97 Å². The van der Waals surface area contributed by atoms with Gasteiger partial charge in [-0.25, -0.2) is 0 Å². The van der Waals surface area contributed by atoms with Crippen LogP contribution < -0.4 is 0 Å². The molecule has 0 amide bonds. The lowest BCUT2D eigenvalue weighted by Crippen LogP contribution is -2.08. The normalized spacial score (nSPS) is 9.41. The van der Waals surface area contributed by atoms with E-state index in [1.165, 1.54) is 0 Å². The molecule has 2 nitrogen and oxygen atoms in total. The van der Waals surface area contributed by atoms with Crippen molar-refractivity contribution in [1.29, 1.82) is 0 Å². The quantitative estimate of drug-likeness (QED) is 0.414. The molecule has 0 aliphatic heterocycles. The van der Waals surface area contributed by atoms with Crippen LogP contribution in [0.3, 0.4) is 0 Å². The molecule has 2 heteroatoms. The van der Waals surface area contributed by atoms with E-state index in [1.54, 1.807) is 6.08 Å². The van der Waals surface area contributed by atoms with Gasteiger partial charge in [-0.15, -0.1) is 0 Å². The predicted molar refractivity (Wildman–Crippen MR) is 70.0 cm³/mol. The Bertz CT molecular complexity index is 356. The van der Waals surface area contributed by atoms with Gasteiger partial charge in [0.25, 0.3) is 0 Å². The van der Waals surface area contributed by atoms with E-state index in [1.807, 2.05) is 26.8 Å². The summed E-state index contributed by atoms with van der Waals surface area (Å²) < 4.78 is 5.04. The van der Waals surface area contributed by atoms with Crippen molar-refractivity contribution < 1.29 is 9.53 Å². The van der Waals surface area contributed by atoms with Crippen LogP contribution in [-0.2, 0) is 9.53 Å². The maximum atomic E-state index is 11.2. The first kappa shape index (κ1) is 15.3. The van der Waals surface area contributed by atoms with Gasteiger partial charge in [0.05, 0.1) is 6.61 Å². The molecule has 0 aliphatic carbocycles. The fourth-order valence-corrected chi connectivity index (χ4v) is 1.01. The van der Waals surface area contributed by atoms with Crippen molar-refractivity contribution in [2.45, 2.75) is 40.0 Å². The first-order chi connectivity index (χ1) is 8.16. The molecule has 0 aromatic rings. The van der Waals surface area contributed by atoms with Gasteiger partial charge in [0.2, 0.25) is 0 Å². The summed E-state index contributed by atoms with van der Waals surface area (Å²) in [5.74, 6) is 11.4. The zero-order valence-electron chi connectivity index (χ0n) is 10.9. The standard InChI is InChI=1S/C15H20O2/c1-4-5-6-7-8-9-10-11-12-17-15(16)13-14(2)3/h4-5,14H,10-13H2,1-3H3. The van der Waals surface area contributed by atoms with Gasteiger partial charge in [-0.05, 0) is 37.2 Å². The third-order valence-corrected chi connectivity index (χ3v) is 1.76. The van der Waals surface area contributed by atoms with E-state index in [4.69, 9.17) is 4.74 Å². The molecule has 0 heterocycles. The molecule has 0 unspecified atom stereocenters. The molecular weight excluding hydrogens is 212 g/mol. The van der Waals surface area contributed by atoms with Crippen LogP contribution in [-0.4, -0.2) is 12.6 Å². The van der Waals surface area contributed by atoms with Crippen molar-refractivity contribution in [2.75, 3.05) is 6.61 Å². The molecule has 0 saturated carbocycles. The van der Waals surface area contributed by atoms with Crippen molar-refractivity contribution in [3.05, 3.63) is 12.2 Å². The second kappa shape index (κ2) is 10.8. The van der Waals surface area contributed by atoms with Crippen LogP contribution >= 0.6 is 0 Å². The first-order valence-electron chi connectivity index (χ1n) is 5.92. The number of esters is 1. The van der Waals surface area contributed by atoms with Gasteiger partial charge < -0.3 is 4.74 Å². The lowest BCUT2D eigenvalue weighted by Gasteiger charge is -2.04. The van der Waals surface area contributed by atoms with E-state index >= 15 is 0 Å². The van der Waals surface area contributed by atoms with Crippen LogP contribution in [0.25, 0.3) is 0 Å². The van der Waals surface area contributed by atoms with Crippen molar-refractivity contribution in [1.82, 2.24) is 0 Å². The van der Waals surface area contributed by atoms with Crippen LogP contribution in [0, 0.1) is 29.6 Å². The van der Waals surface area contributed by atoms with Gasteiger partial charge in [0.1, 0.15) is 0 Å². The van der Waals surface area contributed by atoms with Crippen LogP contribution in [0.4, 0.5) is 0 Å². The van der Waals surface area contributed by atoms with Gasteiger partial charge in [-0.2, -0.15) is 0 Å². The highest BCUT2D eigenvalue weighted by Gasteiger charge is 2.04.